The van der Waals surface area contributed by atoms with E-state index in [1.165, 1.54) is 50.3 Å². The number of benzene rings is 1. The summed E-state index contributed by atoms with van der Waals surface area (Å²) in [5, 5.41) is 3.51. The van der Waals surface area contributed by atoms with E-state index in [-0.39, 0.29) is 11.6 Å². The third kappa shape index (κ3) is 4.02. The molecule has 0 aromatic heterocycles. The molecule has 0 bridgehead atoms. The maximum Gasteiger partial charge on any atom is 0.129 e. The molecule has 20 heavy (non-hydrogen) atoms. The Morgan fingerprint density at radius 2 is 1.80 bits per heavy atom. The summed E-state index contributed by atoms with van der Waals surface area (Å²) in [6.07, 6.45) is 7.65. The number of hydrogen-bond donors (Lipinski definition) is 1. The second kappa shape index (κ2) is 7.72. The van der Waals surface area contributed by atoms with Gasteiger partial charge in [-0.15, -0.1) is 0 Å². The Balaban J connectivity index is 2.09. The van der Waals surface area contributed by atoms with Gasteiger partial charge in [0.25, 0.3) is 0 Å². The fourth-order valence-electron chi connectivity index (χ4n) is 3.22. The van der Waals surface area contributed by atoms with Gasteiger partial charge in [0.1, 0.15) is 11.6 Å². The third-order valence-corrected chi connectivity index (χ3v) is 4.36. The molecule has 0 saturated heterocycles. The second-order valence-electron chi connectivity index (χ2n) is 5.86. The molecule has 0 aliphatic heterocycles. The van der Waals surface area contributed by atoms with E-state index in [1.54, 1.807) is 0 Å². The Labute approximate surface area is 120 Å². The van der Waals surface area contributed by atoms with E-state index in [4.69, 9.17) is 0 Å². The molecular formula is C17H25F2N. The lowest BCUT2D eigenvalue weighted by atomic mass is 9.81. The number of hydrogen-bond acceptors (Lipinski definition) is 1. The van der Waals surface area contributed by atoms with Crippen LogP contribution in [-0.2, 0) is 6.42 Å². The second-order valence-corrected chi connectivity index (χ2v) is 5.86. The quantitative estimate of drug-likeness (QED) is 0.812. The SMILES string of the molecule is CCCNC(Cc1c(F)cccc1F)C1CCCCC1. The fourth-order valence-corrected chi connectivity index (χ4v) is 3.22. The molecular weight excluding hydrogens is 256 g/mol. The molecule has 1 aliphatic carbocycles. The molecule has 1 fully saturated rings. The predicted octanol–water partition coefficient (Wildman–Crippen LogP) is 4.46. The first kappa shape index (κ1) is 15.4. The van der Waals surface area contributed by atoms with Crippen LogP contribution in [0.4, 0.5) is 8.78 Å². The molecule has 1 aromatic carbocycles. The normalized spacial score (nSPS) is 18.1. The summed E-state index contributed by atoms with van der Waals surface area (Å²) in [6.45, 7) is 3.03. The van der Waals surface area contributed by atoms with Gasteiger partial charge in [0.2, 0.25) is 0 Å². The molecule has 0 radical (unpaired) electrons. The minimum atomic E-state index is -0.413. The van der Waals surface area contributed by atoms with E-state index in [0.717, 1.165) is 13.0 Å². The van der Waals surface area contributed by atoms with Gasteiger partial charge in [-0.2, -0.15) is 0 Å². The Morgan fingerprint density at radius 1 is 1.15 bits per heavy atom. The monoisotopic (exact) mass is 281 g/mol. The zero-order valence-electron chi connectivity index (χ0n) is 12.3. The van der Waals surface area contributed by atoms with E-state index in [2.05, 4.69) is 12.2 Å². The number of rotatable bonds is 6. The van der Waals surface area contributed by atoms with Gasteiger partial charge in [0.05, 0.1) is 0 Å². The van der Waals surface area contributed by atoms with Crippen molar-refractivity contribution < 1.29 is 8.78 Å². The molecule has 2 rings (SSSR count). The highest BCUT2D eigenvalue weighted by atomic mass is 19.1. The molecule has 0 amide bonds. The van der Waals surface area contributed by atoms with Crippen molar-refractivity contribution in [2.24, 2.45) is 5.92 Å². The highest BCUT2D eigenvalue weighted by Gasteiger charge is 2.25. The van der Waals surface area contributed by atoms with Gasteiger partial charge in [-0.05, 0) is 50.3 Å². The first-order valence-corrected chi connectivity index (χ1v) is 7.88. The van der Waals surface area contributed by atoms with Crippen LogP contribution < -0.4 is 5.32 Å². The highest BCUT2D eigenvalue weighted by Crippen LogP contribution is 2.29. The van der Waals surface area contributed by atoms with E-state index in [9.17, 15) is 8.78 Å². The van der Waals surface area contributed by atoms with Crippen molar-refractivity contribution in [3.8, 4) is 0 Å². The largest absolute Gasteiger partial charge is 0.313 e. The first-order valence-electron chi connectivity index (χ1n) is 7.88. The highest BCUT2D eigenvalue weighted by molar-refractivity contribution is 5.21. The van der Waals surface area contributed by atoms with Crippen LogP contribution >= 0.6 is 0 Å². The summed E-state index contributed by atoms with van der Waals surface area (Å²) < 4.78 is 27.7. The maximum atomic E-state index is 13.8. The molecule has 1 aromatic rings. The van der Waals surface area contributed by atoms with Crippen LogP contribution in [-0.4, -0.2) is 12.6 Å². The first-order chi connectivity index (χ1) is 9.72. The molecule has 1 atom stereocenters. The van der Waals surface area contributed by atoms with Gasteiger partial charge < -0.3 is 5.32 Å². The van der Waals surface area contributed by atoms with Crippen LogP contribution in [0.25, 0.3) is 0 Å². The minimum Gasteiger partial charge on any atom is -0.313 e. The summed E-state index contributed by atoms with van der Waals surface area (Å²) in [5.74, 6) is -0.275. The summed E-state index contributed by atoms with van der Waals surface area (Å²) in [6, 6.07) is 4.34. The van der Waals surface area contributed by atoms with Crippen LogP contribution in [0.3, 0.4) is 0 Å². The van der Waals surface area contributed by atoms with Gasteiger partial charge in [-0.1, -0.05) is 32.3 Å². The smallest absolute Gasteiger partial charge is 0.129 e. The molecule has 3 heteroatoms. The van der Waals surface area contributed by atoms with Gasteiger partial charge in [0, 0.05) is 11.6 Å². The molecule has 1 N–H and O–H groups in total. The standard InChI is InChI=1S/C17H25F2N/c1-2-11-20-17(13-7-4-3-5-8-13)12-14-15(18)9-6-10-16(14)19/h6,9-10,13,17,20H,2-5,7-8,11-12H2,1H3. The van der Waals surface area contributed by atoms with Crippen LogP contribution in [0, 0.1) is 17.6 Å². The van der Waals surface area contributed by atoms with Crippen molar-refractivity contribution in [1.82, 2.24) is 5.32 Å². The van der Waals surface area contributed by atoms with Crippen LogP contribution in [0.2, 0.25) is 0 Å². The third-order valence-electron chi connectivity index (χ3n) is 4.36. The van der Waals surface area contributed by atoms with Crippen LogP contribution in [0.5, 0.6) is 0 Å². The van der Waals surface area contributed by atoms with E-state index in [1.807, 2.05) is 0 Å². The predicted molar refractivity (Wildman–Crippen MR) is 78.7 cm³/mol. The lowest BCUT2D eigenvalue weighted by Crippen LogP contribution is -2.39. The zero-order valence-corrected chi connectivity index (χ0v) is 12.3. The molecule has 0 heterocycles. The van der Waals surface area contributed by atoms with Crippen molar-refractivity contribution in [2.75, 3.05) is 6.54 Å². The molecule has 1 nitrogen and oxygen atoms in total. The fraction of sp³-hybridized carbons (Fsp3) is 0.647. The average molecular weight is 281 g/mol. The van der Waals surface area contributed by atoms with Gasteiger partial charge in [-0.3, -0.25) is 0 Å². The zero-order chi connectivity index (χ0) is 14.4. The van der Waals surface area contributed by atoms with Crippen LogP contribution in [0.15, 0.2) is 18.2 Å². The lowest BCUT2D eigenvalue weighted by Gasteiger charge is -2.31. The lowest BCUT2D eigenvalue weighted by molar-refractivity contribution is 0.264. The Kier molecular flexibility index (Phi) is 5.96. The molecule has 112 valence electrons. The maximum absolute atomic E-state index is 13.8. The minimum absolute atomic E-state index is 0.196. The molecule has 1 saturated carbocycles. The Bertz CT molecular complexity index is 393. The molecule has 1 aliphatic rings. The van der Waals surface area contributed by atoms with Crippen molar-refractivity contribution in [2.45, 2.75) is 57.9 Å². The van der Waals surface area contributed by atoms with E-state index in [0.29, 0.717) is 12.3 Å². The number of halogens is 2. The molecule has 0 spiro atoms. The average Bonchev–Trinajstić information content (AvgIpc) is 2.47. The van der Waals surface area contributed by atoms with Gasteiger partial charge in [-0.25, -0.2) is 8.78 Å². The van der Waals surface area contributed by atoms with Crippen molar-refractivity contribution >= 4 is 0 Å². The topological polar surface area (TPSA) is 12.0 Å². The molecule has 1 unspecified atom stereocenters. The van der Waals surface area contributed by atoms with Crippen molar-refractivity contribution in [3.63, 3.8) is 0 Å². The Hall–Kier alpha value is -0.960. The van der Waals surface area contributed by atoms with Crippen molar-refractivity contribution in [3.05, 3.63) is 35.4 Å². The van der Waals surface area contributed by atoms with Gasteiger partial charge in [0.15, 0.2) is 0 Å². The Morgan fingerprint density at radius 3 is 2.40 bits per heavy atom. The van der Waals surface area contributed by atoms with E-state index >= 15 is 0 Å². The summed E-state index contributed by atoms with van der Waals surface area (Å²) in [5.41, 5.74) is 0.242. The number of nitrogens with one attached hydrogen (secondary N) is 1. The summed E-state index contributed by atoms with van der Waals surface area (Å²) >= 11 is 0. The van der Waals surface area contributed by atoms with Crippen molar-refractivity contribution in [1.29, 1.82) is 0 Å². The summed E-state index contributed by atoms with van der Waals surface area (Å²) in [4.78, 5) is 0. The van der Waals surface area contributed by atoms with E-state index < -0.39 is 11.6 Å². The van der Waals surface area contributed by atoms with Gasteiger partial charge >= 0.3 is 0 Å². The van der Waals surface area contributed by atoms with Crippen LogP contribution in [0.1, 0.15) is 51.0 Å². The summed E-state index contributed by atoms with van der Waals surface area (Å²) in [7, 11) is 0.